The predicted molar refractivity (Wildman–Crippen MR) is 119 cm³/mol. The summed E-state index contributed by atoms with van der Waals surface area (Å²) in [6, 6.07) is 6.47. The molecule has 1 aliphatic carbocycles. The van der Waals surface area contributed by atoms with Crippen LogP contribution in [-0.4, -0.2) is 49.4 Å². The summed E-state index contributed by atoms with van der Waals surface area (Å²) in [4.78, 5) is 31.4. The van der Waals surface area contributed by atoms with Crippen molar-refractivity contribution in [2.45, 2.75) is 44.3 Å². The van der Waals surface area contributed by atoms with Crippen LogP contribution in [0.3, 0.4) is 0 Å². The highest BCUT2D eigenvalue weighted by Crippen LogP contribution is 2.40. The molecule has 1 unspecified atom stereocenters. The van der Waals surface area contributed by atoms with Gasteiger partial charge in [-0.15, -0.1) is 5.10 Å². The van der Waals surface area contributed by atoms with E-state index in [0.717, 1.165) is 29.9 Å². The lowest BCUT2D eigenvalue weighted by Crippen LogP contribution is -2.47. The van der Waals surface area contributed by atoms with Crippen molar-refractivity contribution in [2.24, 2.45) is 0 Å². The topological polar surface area (TPSA) is 97.9 Å². The van der Waals surface area contributed by atoms with Crippen LogP contribution < -0.4 is 10.2 Å². The molecule has 1 aromatic carbocycles. The van der Waals surface area contributed by atoms with Gasteiger partial charge in [0.2, 0.25) is 5.82 Å². The van der Waals surface area contributed by atoms with Crippen molar-refractivity contribution in [2.75, 3.05) is 11.9 Å². The molecule has 0 bridgehead atoms. The Morgan fingerprint density at radius 2 is 2.00 bits per heavy atom. The zero-order valence-electron chi connectivity index (χ0n) is 17.3. The molecule has 9 nitrogen and oxygen atoms in total. The molecule has 0 radical (unpaired) electrons. The number of aromatic nitrogens is 5. The number of nitrogens with zero attached hydrogens (tertiary/aromatic N) is 6. The number of rotatable bonds is 5. The van der Waals surface area contributed by atoms with E-state index >= 15 is 0 Å². The summed E-state index contributed by atoms with van der Waals surface area (Å²) in [7, 11) is 1.71. The number of benzene rings is 1. The van der Waals surface area contributed by atoms with Gasteiger partial charge in [-0.2, -0.15) is 5.10 Å². The van der Waals surface area contributed by atoms with E-state index < -0.39 is 11.9 Å². The number of nitrogens with one attached hydrogen (secondary N) is 1. The van der Waals surface area contributed by atoms with Crippen LogP contribution in [0.5, 0.6) is 0 Å². The number of hydrogen-bond acceptors (Lipinski definition) is 5. The van der Waals surface area contributed by atoms with Crippen molar-refractivity contribution in [3.63, 3.8) is 0 Å². The maximum absolute atomic E-state index is 13.0. The first kappa shape index (κ1) is 21.0. The molecule has 11 heteroatoms. The predicted octanol–water partition coefficient (Wildman–Crippen LogP) is 2.87. The van der Waals surface area contributed by atoms with Gasteiger partial charge < -0.3 is 5.32 Å². The maximum atomic E-state index is 13.0. The maximum Gasteiger partial charge on any atom is 0.291 e. The van der Waals surface area contributed by atoms with Crippen molar-refractivity contribution in [3.8, 4) is 0 Å². The van der Waals surface area contributed by atoms with E-state index in [1.165, 1.54) is 11.0 Å². The van der Waals surface area contributed by atoms with E-state index in [0.29, 0.717) is 35.5 Å². The van der Waals surface area contributed by atoms with Crippen molar-refractivity contribution in [1.29, 1.82) is 0 Å². The Bertz CT molecular complexity index is 1200. The third-order valence-electron chi connectivity index (χ3n) is 5.77. The van der Waals surface area contributed by atoms with Crippen LogP contribution in [0, 0.1) is 0 Å². The normalized spacial score (nSPS) is 18.4. The largest absolute Gasteiger partial charge is 0.337 e. The van der Waals surface area contributed by atoms with Crippen LogP contribution in [0.25, 0.3) is 0 Å². The first-order valence-electron chi connectivity index (χ1n) is 10.4. The molecule has 32 heavy (non-hydrogen) atoms. The van der Waals surface area contributed by atoms with Crippen molar-refractivity contribution in [1.82, 2.24) is 29.9 Å². The van der Waals surface area contributed by atoms with E-state index in [4.69, 9.17) is 23.2 Å². The Kier molecular flexibility index (Phi) is 5.38. The van der Waals surface area contributed by atoms with E-state index in [2.05, 4.69) is 20.5 Å². The van der Waals surface area contributed by atoms with Gasteiger partial charge in [0, 0.05) is 35.6 Å². The molecule has 0 saturated heterocycles. The standard InChI is InChI=1S/C21H21Cl2N7O2/c1-28-18-9-17(12-2-3-12)26-30(18)7-6-16(21(28)32)25-20(31)19-24-11-29(27-19)10-13-4-5-14(22)8-15(13)23/h4-5,8-9,11-12,16H,2-3,6-7,10H2,1H3,(H,25,31). The molecule has 166 valence electrons. The number of aryl methyl sites for hydroxylation is 1. The SMILES string of the molecule is CN1C(=O)C(NC(=O)c2ncn(Cc3ccc(Cl)cc3Cl)n2)CCn2nc(C3CC3)cc21. The second-order valence-electron chi connectivity index (χ2n) is 8.14. The zero-order chi connectivity index (χ0) is 22.4. The van der Waals surface area contributed by atoms with Gasteiger partial charge in [0.1, 0.15) is 18.2 Å². The number of carbonyl (C=O) groups is 2. The molecular weight excluding hydrogens is 453 g/mol. The molecule has 2 aromatic heterocycles. The highest BCUT2D eigenvalue weighted by Gasteiger charge is 2.34. The van der Waals surface area contributed by atoms with Gasteiger partial charge in [-0.1, -0.05) is 29.3 Å². The van der Waals surface area contributed by atoms with E-state index in [1.807, 2.05) is 10.7 Å². The molecule has 3 heterocycles. The van der Waals surface area contributed by atoms with Crippen LogP contribution in [0.4, 0.5) is 5.82 Å². The third-order valence-corrected chi connectivity index (χ3v) is 6.35. The summed E-state index contributed by atoms with van der Waals surface area (Å²) in [5.74, 6) is 0.569. The fourth-order valence-corrected chi connectivity index (χ4v) is 4.29. The molecule has 1 saturated carbocycles. The number of anilines is 1. The van der Waals surface area contributed by atoms with Gasteiger partial charge in [-0.05, 0) is 37.0 Å². The molecule has 5 rings (SSSR count). The van der Waals surface area contributed by atoms with Gasteiger partial charge in [-0.25, -0.2) is 14.3 Å². The minimum atomic E-state index is -0.684. The highest BCUT2D eigenvalue weighted by atomic mass is 35.5. The first-order chi connectivity index (χ1) is 15.4. The van der Waals surface area contributed by atoms with Gasteiger partial charge in [0.25, 0.3) is 11.8 Å². The molecular formula is C21H21Cl2N7O2. The molecule has 1 fully saturated rings. The number of hydrogen-bond donors (Lipinski definition) is 1. The van der Waals surface area contributed by atoms with E-state index in [9.17, 15) is 9.59 Å². The Balaban J connectivity index is 1.26. The molecule has 1 N–H and O–H groups in total. The lowest BCUT2D eigenvalue weighted by molar-refractivity contribution is -0.120. The number of amides is 2. The molecule has 2 amide bonds. The summed E-state index contributed by atoms with van der Waals surface area (Å²) in [5.41, 5.74) is 1.84. The molecule has 2 aliphatic rings. The second-order valence-corrected chi connectivity index (χ2v) is 8.98. The van der Waals surface area contributed by atoms with Crippen LogP contribution in [0.2, 0.25) is 10.0 Å². The minimum absolute atomic E-state index is 0.0106. The molecule has 1 atom stereocenters. The smallest absolute Gasteiger partial charge is 0.291 e. The summed E-state index contributed by atoms with van der Waals surface area (Å²) >= 11 is 12.1. The first-order valence-corrected chi connectivity index (χ1v) is 11.1. The average Bonchev–Trinajstić information content (AvgIpc) is 3.38. The summed E-state index contributed by atoms with van der Waals surface area (Å²) < 4.78 is 3.36. The molecule has 0 spiro atoms. The van der Waals surface area contributed by atoms with Crippen LogP contribution in [0.15, 0.2) is 30.6 Å². The van der Waals surface area contributed by atoms with Gasteiger partial charge in [0.15, 0.2) is 0 Å². The lowest BCUT2D eigenvalue weighted by Gasteiger charge is -2.19. The average molecular weight is 474 g/mol. The van der Waals surface area contributed by atoms with Crippen molar-refractivity contribution >= 4 is 40.8 Å². The third kappa shape index (κ3) is 4.10. The van der Waals surface area contributed by atoms with E-state index in [1.54, 1.807) is 30.1 Å². The quantitative estimate of drug-likeness (QED) is 0.614. The Labute approximate surface area is 194 Å². The zero-order valence-corrected chi connectivity index (χ0v) is 18.8. The minimum Gasteiger partial charge on any atom is -0.337 e. The van der Waals surface area contributed by atoms with Gasteiger partial charge >= 0.3 is 0 Å². The summed E-state index contributed by atoms with van der Waals surface area (Å²) in [6.45, 7) is 0.881. The van der Waals surface area contributed by atoms with E-state index in [-0.39, 0.29) is 11.7 Å². The Morgan fingerprint density at radius 1 is 1.19 bits per heavy atom. The van der Waals surface area contributed by atoms with Crippen molar-refractivity contribution in [3.05, 3.63) is 57.7 Å². The number of likely N-dealkylation sites (N-methyl/N-ethyl adjacent to an activating group) is 1. The van der Waals surface area contributed by atoms with Crippen LogP contribution in [0.1, 0.15) is 47.1 Å². The number of fused-ring (bicyclic) bond motifs is 1. The Hall–Kier alpha value is -2.91. The lowest BCUT2D eigenvalue weighted by atomic mass is 10.2. The fourth-order valence-electron chi connectivity index (χ4n) is 3.82. The van der Waals surface area contributed by atoms with Gasteiger partial charge in [0.05, 0.1) is 12.2 Å². The highest BCUT2D eigenvalue weighted by molar-refractivity contribution is 6.35. The van der Waals surface area contributed by atoms with Crippen LogP contribution in [-0.2, 0) is 17.9 Å². The monoisotopic (exact) mass is 473 g/mol. The fraction of sp³-hybridized carbons (Fsp3) is 0.381. The summed E-state index contributed by atoms with van der Waals surface area (Å²) in [5, 5.41) is 12.7. The Morgan fingerprint density at radius 3 is 2.75 bits per heavy atom. The van der Waals surface area contributed by atoms with Crippen LogP contribution >= 0.6 is 23.2 Å². The van der Waals surface area contributed by atoms with Gasteiger partial charge in [-0.3, -0.25) is 14.5 Å². The second kappa shape index (κ2) is 8.22. The molecule has 1 aliphatic heterocycles. The van der Waals surface area contributed by atoms with Crippen molar-refractivity contribution < 1.29 is 9.59 Å². The molecule has 3 aromatic rings. The number of carbonyl (C=O) groups excluding carboxylic acids is 2. The number of halogens is 2. The summed E-state index contributed by atoms with van der Waals surface area (Å²) in [6.07, 6.45) is 4.19.